The average molecular weight is 350 g/mol. The van der Waals surface area contributed by atoms with E-state index in [0.717, 1.165) is 21.3 Å². The Kier molecular flexibility index (Phi) is 3.21. The number of hydrogen-bond donors (Lipinski definition) is 0. The van der Waals surface area contributed by atoms with E-state index in [1.807, 2.05) is 24.3 Å². The highest BCUT2D eigenvalue weighted by Crippen LogP contribution is 2.36. The van der Waals surface area contributed by atoms with Crippen LogP contribution < -0.4 is 9.47 Å². The monoisotopic (exact) mass is 350 g/mol. The quantitative estimate of drug-likeness (QED) is 0.552. The smallest absolute Gasteiger partial charge is 0.235 e. The standard InChI is InChI=1S/C18H14N4O2S/c1-11-6-8-12(9-7-11)17-21-22-16(19-20-18(22)25-17)15-10-23-13-4-2-3-5-14(13)24-15/h2-9,15H,10H2,1H3/t15-/m1/s1. The summed E-state index contributed by atoms with van der Waals surface area (Å²) in [6, 6.07) is 15.9. The third-order valence-corrected chi connectivity index (χ3v) is 5.06. The normalized spacial score (nSPS) is 16.3. The van der Waals surface area contributed by atoms with E-state index in [1.165, 1.54) is 16.9 Å². The first-order valence-electron chi connectivity index (χ1n) is 7.95. The molecular weight excluding hydrogens is 336 g/mol. The summed E-state index contributed by atoms with van der Waals surface area (Å²) in [5.74, 6) is 2.11. The van der Waals surface area contributed by atoms with Gasteiger partial charge in [-0.15, -0.1) is 10.2 Å². The number of rotatable bonds is 2. The second-order valence-corrected chi connectivity index (χ2v) is 6.85. The fourth-order valence-electron chi connectivity index (χ4n) is 2.79. The average Bonchev–Trinajstić information content (AvgIpc) is 3.22. The Bertz CT molecular complexity index is 1050. The molecule has 0 fully saturated rings. The van der Waals surface area contributed by atoms with Crippen molar-refractivity contribution >= 4 is 16.3 Å². The van der Waals surface area contributed by atoms with Gasteiger partial charge in [-0.25, -0.2) is 0 Å². The van der Waals surface area contributed by atoms with Gasteiger partial charge in [0.15, 0.2) is 23.4 Å². The Balaban J connectivity index is 1.51. The zero-order valence-electron chi connectivity index (χ0n) is 13.4. The number of ether oxygens (including phenoxy) is 2. The molecule has 1 atom stereocenters. The van der Waals surface area contributed by atoms with Crippen molar-refractivity contribution in [2.75, 3.05) is 6.61 Å². The van der Waals surface area contributed by atoms with Crippen LogP contribution in [0.2, 0.25) is 0 Å². The molecule has 0 radical (unpaired) electrons. The summed E-state index contributed by atoms with van der Waals surface area (Å²) in [5.41, 5.74) is 2.29. The fourth-order valence-corrected chi connectivity index (χ4v) is 3.64. The summed E-state index contributed by atoms with van der Waals surface area (Å²) in [6.07, 6.45) is -0.335. The summed E-state index contributed by atoms with van der Waals surface area (Å²) >= 11 is 1.51. The number of hydrogen-bond acceptors (Lipinski definition) is 6. The van der Waals surface area contributed by atoms with Crippen molar-refractivity contribution in [3.8, 4) is 22.1 Å². The van der Waals surface area contributed by atoms with Crippen molar-refractivity contribution < 1.29 is 9.47 Å². The zero-order valence-corrected chi connectivity index (χ0v) is 14.2. The minimum Gasteiger partial charge on any atom is -0.485 e. The SMILES string of the molecule is Cc1ccc(-c2nn3c([C@H]4COc5ccccc5O4)nnc3s2)cc1. The Hall–Kier alpha value is -2.93. The first-order valence-corrected chi connectivity index (χ1v) is 8.77. The molecule has 0 unspecified atom stereocenters. The van der Waals surface area contributed by atoms with Crippen molar-refractivity contribution in [2.45, 2.75) is 13.0 Å². The molecule has 7 heteroatoms. The van der Waals surface area contributed by atoms with Gasteiger partial charge in [-0.1, -0.05) is 53.3 Å². The summed E-state index contributed by atoms with van der Waals surface area (Å²) < 4.78 is 13.6. The molecule has 0 spiro atoms. The van der Waals surface area contributed by atoms with E-state index in [2.05, 4.69) is 46.5 Å². The van der Waals surface area contributed by atoms with E-state index in [4.69, 9.17) is 9.47 Å². The van der Waals surface area contributed by atoms with Crippen molar-refractivity contribution in [3.05, 3.63) is 59.9 Å². The van der Waals surface area contributed by atoms with E-state index < -0.39 is 0 Å². The van der Waals surface area contributed by atoms with Gasteiger partial charge < -0.3 is 9.47 Å². The van der Waals surface area contributed by atoms with Gasteiger partial charge in [-0.2, -0.15) is 9.61 Å². The predicted octanol–water partition coefficient (Wildman–Crippen LogP) is 3.67. The second-order valence-electron chi connectivity index (χ2n) is 5.89. The molecule has 0 saturated carbocycles. The van der Waals surface area contributed by atoms with Gasteiger partial charge in [0, 0.05) is 5.56 Å². The molecule has 0 saturated heterocycles. The van der Waals surface area contributed by atoms with E-state index >= 15 is 0 Å². The van der Waals surface area contributed by atoms with Crippen LogP contribution in [0.25, 0.3) is 15.5 Å². The Labute approximate surface area is 147 Å². The second kappa shape index (κ2) is 5.56. The lowest BCUT2D eigenvalue weighted by molar-refractivity contribution is 0.0836. The molecule has 124 valence electrons. The molecule has 1 aliphatic rings. The summed E-state index contributed by atoms with van der Waals surface area (Å²) in [6.45, 7) is 2.45. The molecule has 1 aliphatic heterocycles. The maximum atomic E-state index is 6.03. The molecule has 25 heavy (non-hydrogen) atoms. The number of fused-ring (bicyclic) bond motifs is 2. The molecule has 3 heterocycles. The molecule has 4 aromatic rings. The number of para-hydroxylation sites is 2. The van der Waals surface area contributed by atoms with Crippen LogP contribution in [-0.4, -0.2) is 26.4 Å². The third-order valence-electron chi connectivity index (χ3n) is 4.11. The van der Waals surface area contributed by atoms with Crippen molar-refractivity contribution in [1.29, 1.82) is 0 Å². The Morgan fingerprint density at radius 2 is 1.84 bits per heavy atom. The molecule has 0 aliphatic carbocycles. The largest absolute Gasteiger partial charge is 0.485 e. The topological polar surface area (TPSA) is 61.5 Å². The summed E-state index contributed by atoms with van der Waals surface area (Å²) in [7, 11) is 0. The van der Waals surface area contributed by atoms with E-state index in [-0.39, 0.29) is 6.10 Å². The molecule has 0 bridgehead atoms. The van der Waals surface area contributed by atoms with Gasteiger partial charge in [-0.3, -0.25) is 0 Å². The first-order chi connectivity index (χ1) is 12.3. The minimum atomic E-state index is -0.335. The summed E-state index contributed by atoms with van der Waals surface area (Å²) in [5, 5.41) is 14.1. The highest BCUT2D eigenvalue weighted by atomic mass is 32.1. The van der Waals surface area contributed by atoms with Crippen LogP contribution in [0, 0.1) is 6.92 Å². The number of aromatic nitrogens is 4. The van der Waals surface area contributed by atoms with Gasteiger partial charge >= 0.3 is 0 Å². The Morgan fingerprint density at radius 1 is 1.04 bits per heavy atom. The molecule has 6 nitrogen and oxygen atoms in total. The predicted molar refractivity (Wildman–Crippen MR) is 94.1 cm³/mol. The number of aryl methyl sites for hydroxylation is 1. The number of benzene rings is 2. The Morgan fingerprint density at radius 3 is 2.68 bits per heavy atom. The van der Waals surface area contributed by atoms with Crippen LogP contribution in [0.1, 0.15) is 17.5 Å². The van der Waals surface area contributed by atoms with Crippen LogP contribution in [0.3, 0.4) is 0 Å². The van der Waals surface area contributed by atoms with Gasteiger partial charge in [0.25, 0.3) is 0 Å². The highest BCUT2D eigenvalue weighted by Gasteiger charge is 2.28. The van der Waals surface area contributed by atoms with E-state index in [0.29, 0.717) is 18.2 Å². The molecule has 2 aromatic heterocycles. The molecule has 5 rings (SSSR count). The van der Waals surface area contributed by atoms with Crippen LogP contribution in [0.5, 0.6) is 11.5 Å². The van der Waals surface area contributed by atoms with Gasteiger partial charge in [0.05, 0.1) is 0 Å². The summed E-state index contributed by atoms with van der Waals surface area (Å²) in [4.78, 5) is 0.744. The number of nitrogens with zero attached hydrogens (tertiary/aromatic N) is 4. The maximum absolute atomic E-state index is 6.03. The third kappa shape index (κ3) is 2.44. The lowest BCUT2D eigenvalue weighted by Crippen LogP contribution is -2.23. The first kappa shape index (κ1) is 14.4. The van der Waals surface area contributed by atoms with Crippen LogP contribution >= 0.6 is 11.3 Å². The van der Waals surface area contributed by atoms with Gasteiger partial charge in [-0.05, 0) is 19.1 Å². The molecule has 0 amide bonds. The van der Waals surface area contributed by atoms with Crippen LogP contribution in [0.4, 0.5) is 0 Å². The maximum Gasteiger partial charge on any atom is 0.235 e. The van der Waals surface area contributed by atoms with Crippen LogP contribution in [-0.2, 0) is 0 Å². The molecule has 0 N–H and O–H groups in total. The van der Waals surface area contributed by atoms with Gasteiger partial charge in [0.1, 0.15) is 11.6 Å². The lowest BCUT2D eigenvalue weighted by atomic mass is 10.2. The van der Waals surface area contributed by atoms with E-state index in [9.17, 15) is 0 Å². The highest BCUT2D eigenvalue weighted by molar-refractivity contribution is 7.19. The molecule has 2 aromatic carbocycles. The fraction of sp³-hybridized carbons (Fsp3) is 0.167. The van der Waals surface area contributed by atoms with Gasteiger partial charge in [0.2, 0.25) is 4.96 Å². The zero-order chi connectivity index (χ0) is 16.8. The van der Waals surface area contributed by atoms with Crippen LogP contribution in [0.15, 0.2) is 48.5 Å². The lowest BCUT2D eigenvalue weighted by Gasteiger charge is -2.24. The molecular formula is C18H14N4O2S. The van der Waals surface area contributed by atoms with Crippen molar-refractivity contribution in [1.82, 2.24) is 19.8 Å². The van der Waals surface area contributed by atoms with E-state index in [1.54, 1.807) is 4.52 Å². The minimum absolute atomic E-state index is 0.335. The van der Waals surface area contributed by atoms with Crippen molar-refractivity contribution in [3.63, 3.8) is 0 Å². The van der Waals surface area contributed by atoms with Crippen molar-refractivity contribution in [2.24, 2.45) is 0 Å².